The minimum Gasteiger partial charge on any atom is -0.356 e. The second kappa shape index (κ2) is 10.7. The molecule has 1 saturated heterocycles. The van der Waals surface area contributed by atoms with Gasteiger partial charge in [-0.3, -0.25) is 9.67 Å². The molecule has 6 heteroatoms. The third kappa shape index (κ3) is 6.83. The van der Waals surface area contributed by atoms with Gasteiger partial charge in [-0.05, 0) is 57.2 Å². The largest absolute Gasteiger partial charge is 0.356 e. The minimum atomic E-state index is 0.433. The van der Waals surface area contributed by atoms with Gasteiger partial charge in [-0.15, -0.1) is 0 Å². The molecule has 0 bridgehead atoms. The Morgan fingerprint density at radius 2 is 2.04 bits per heavy atom. The number of unbranched alkanes of at least 4 members (excludes halogenated alkanes) is 1. The van der Waals surface area contributed by atoms with E-state index in [1.54, 1.807) is 0 Å². The summed E-state index contributed by atoms with van der Waals surface area (Å²) in [6.45, 7) is 12.4. The normalized spacial score (nSPS) is 16.9. The third-order valence-corrected chi connectivity index (χ3v) is 5.53. The van der Waals surface area contributed by atoms with Crippen LogP contribution in [0.15, 0.2) is 11.2 Å². The van der Waals surface area contributed by atoms with Crippen molar-refractivity contribution in [1.29, 1.82) is 0 Å². The Balaban J connectivity index is 1.71. The molecule has 1 N–H and O–H groups in total. The van der Waals surface area contributed by atoms with Gasteiger partial charge in [0, 0.05) is 46.0 Å². The number of likely N-dealkylation sites (tertiary alicyclic amines) is 1. The van der Waals surface area contributed by atoms with Crippen LogP contribution >= 0.6 is 0 Å². The molecule has 0 spiro atoms. The van der Waals surface area contributed by atoms with E-state index in [2.05, 4.69) is 59.2 Å². The summed E-state index contributed by atoms with van der Waals surface area (Å²) in [6.07, 6.45) is 7.29. The lowest BCUT2D eigenvalue weighted by atomic mass is 9.99. The predicted octanol–water partition coefficient (Wildman–Crippen LogP) is 3.06. The van der Waals surface area contributed by atoms with Crippen molar-refractivity contribution in [2.24, 2.45) is 18.0 Å². The molecule has 0 aromatic carbocycles. The maximum Gasteiger partial charge on any atom is 0.193 e. The van der Waals surface area contributed by atoms with Crippen molar-refractivity contribution < 1.29 is 0 Å². The first-order valence-corrected chi connectivity index (χ1v) is 10.6. The van der Waals surface area contributed by atoms with Gasteiger partial charge in [0.05, 0.1) is 5.69 Å². The van der Waals surface area contributed by atoms with E-state index in [9.17, 15) is 0 Å². The zero-order valence-electron chi connectivity index (χ0n) is 18.3. The average molecular weight is 377 g/mol. The first-order chi connectivity index (χ1) is 12.9. The standard InChI is InChI=1S/C21H40N6/c1-17(2)20-19(16-26(6)24-20)15-25(5)21(22-4)23-11-7-8-12-27-13-9-18(3)10-14-27/h16-18H,7-15H2,1-6H3,(H,22,23). The van der Waals surface area contributed by atoms with Crippen molar-refractivity contribution in [3.8, 4) is 0 Å². The fourth-order valence-corrected chi connectivity index (χ4v) is 3.82. The highest BCUT2D eigenvalue weighted by molar-refractivity contribution is 5.79. The third-order valence-electron chi connectivity index (χ3n) is 5.53. The topological polar surface area (TPSA) is 48.7 Å². The SMILES string of the molecule is CN=C(NCCCCN1CCC(C)CC1)N(C)Cc1cn(C)nc1C(C)C. The quantitative estimate of drug-likeness (QED) is 0.430. The smallest absolute Gasteiger partial charge is 0.193 e. The van der Waals surface area contributed by atoms with Gasteiger partial charge in [0.25, 0.3) is 0 Å². The van der Waals surface area contributed by atoms with Gasteiger partial charge in [0.2, 0.25) is 0 Å². The van der Waals surface area contributed by atoms with Gasteiger partial charge < -0.3 is 15.1 Å². The van der Waals surface area contributed by atoms with Crippen LogP contribution in [0.3, 0.4) is 0 Å². The summed E-state index contributed by atoms with van der Waals surface area (Å²) in [5.41, 5.74) is 2.45. The highest BCUT2D eigenvalue weighted by Gasteiger charge is 2.16. The van der Waals surface area contributed by atoms with Gasteiger partial charge in [-0.1, -0.05) is 20.8 Å². The van der Waals surface area contributed by atoms with E-state index in [4.69, 9.17) is 0 Å². The number of aryl methyl sites for hydroxylation is 1. The predicted molar refractivity (Wildman–Crippen MR) is 114 cm³/mol. The number of hydrogen-bond acceptors (Lipinski definition) is 3. The Hall–Kier alpha value is -1.56. The van der Waals surface area contributed by atoms with Gasteiger partial charge in [-0.25, -0.2) is 0 Å². The fourth-order valence-electron chi connectivity index (χ4n) is 3.82. The fraction of sp³-hybridized carbons (Fsp3) is 0.810. The highest BCUT2D eigenvalue weighted by Crippen LogP contribution is 2.18. The molecule has 0 atom stereocenters. The van der Waals surface area contributed by atoms with Crippen LogP contribution in [0, 0.1) is 5.92 Å². The molecule has 0 radical (unpaired) electrons. The lowest BCUT2D eigenvalue weighted by Gasteiger charge is -2.30. The number of nitrogens with one attached hydrogen (secondary N) is 1. The van der Waals surface area contributed by atoms with Gasteiger partial charge in [0.15, 0.2) is 5.96 Å². The van der Waals surface area contributed by atoms with Crippen LogP contribution in [0.1, 0.15) is 63.6 Å². The molecule has 2 heterocycles. The molecule has 0 amide bonds. The van der Waals surface area contributed by atoms with E-state index >= 15 is 0 Å². The van der Waals surface area contributed by atoms with E-state index in [0.717, 1.165) is 25.0 Å². The Labute approximate surface area is 166 Å². The van der Waals surface area contributed by atoms with Crippen LogP contribution in [-0.2, 0) is 13.6 Å². The summed E-state index contributed by atoms with van der Waals surface area (Å²) in [5, 5.41) is 8.13. The monoisotopic (exact) mass is 376 g/mol. The molecule has 1 aromatic rings. The second-order valence-corrected chi connectivity index (χ2v) is 8.43. The Kier molecular flexibility index (Phi) is 8.61. The van der Waals surface area contributed by atoms with E-state index in [-0.39, 0.29) is 0 Å². The summed E-state index contributed by atoms with van der Waals surface area (Å²) in [5.74, 6) is 2.31. The van der Waals surface area contributed by atoms with Crippen molar-refractivity contribution in [1.82, 2.24) is 24.9 Å². The Morgan fingerprint density at radius 3 is 2.67 bits per heavy atom. The van der Waals surface area contributed by atoms with Gasteiger partial charge >= 0.3 is 0 Å². The maximum atomic E-state index is 4.61. The Bertz CT molecular complexity index is 583. The zero-order valence-corrected chi connectivity index (χ0v) is 18.3. The molecule has 1 aliphatic rings. The number of guanidine groups is 1. The number of rotatable bonds is 8. The molecule has 27 heavy (non-hydrogen) atoms. The lowest BCUT2D eigenvalue weighted by Crippen LogP contribution is -2.39. The molecule has 154 valence electrons. The average Bonchev–Trinajstić information content (AvgIpc) is 3.00. The minimum absolute atomic E-state index is 0.433. The molecule has 2 rings (SSSR count). The van der Waals surface area contributed by atoms with Crippen molar-refractivity contribution in [3.05, 3.63) is 17.5 Å². The van der Waals surface area contributed by atoms with E-state index in [0.29, 0.717) is 5.92 Å². The summed E-state index contributed by atoms with van der Waals surface area (Å²) in [7, 11) is 5.95. The van der Waals surface area contributed by atoms with Crippen LogP contribution in [0.25, 0.3) is 0 Å². The molecular weight excluding hydrogens is 336 g/mol. The van der Waals surface area contributed by atoms with Crippen LogP contribution in [0.2, 0.25) is 0 Å². The lowest BCUT2D eigenvalue weighted by molar-refractivity contribution is 0.189. The first kappa shape index (κ1) is 21.7. The van der Waals surface area contributed by atoms with Crippen LogP contribution in [0.4, 0.5) is 0 Å². The van der Waals surface area contributed by atoms with Crippen LogP contribution in [-0.4, -0.2) is 65.8 Å². The molecule has 1 aromatic heterocycles. The van der Waals surface area contributed by atoms with E-state index in [1.807, 2.05) is 18.8 Å². The van der Waals surface area contributed by atoms with Crippen molar-refractivity contribution in [2.45, 2.75) is 58.9 Å². The van der Waals surface area contributed by atoms with Gasteiger partial charge in [-0.2, -0.15) is 5.10 Å². The number of aliphatic imine (C=N–C) groups is 1. The first-order valence-electron chi connectivity index (χ1n) is 10.6. The molecule has 0 unspecified atom stereocenters. The summed E-state index contributed by atoms with van der Waals surface area (Å²) < 4.78 is 1.91. The number of hydrogen-bond donors (Lipinski definition) is 1. The van der Waals surface area contributed by atoms with Crippen molar-refractivity contribution in [2.75, 3.05) is 40.3 Å². The summed E-state index contributed by atoms with van der Waals surface area (Å²) in [6, 6.07) is 0. The molecular formula is C21H40N6. The van der Waals surface area contributed by atoms with Crippen LogP contribution < -0.4 is 5.32 Å². The maximum absolute atomic E-state index is 4.61. The summed E-state index contributed by atoms with van der Waals surface area (Å²) in [4.78, 5) is 9.27. The molecule has 0 aliphatic carbocycles. The molecule has 0 saturated carbocycles. The van der Waals surface area contributed by atoms with Crippen LogP contribution in [0.5, 0.6) is 0 Å². The Morgan fingerprint density at radius 1 is 1.33 bits per heavy atom. The summed E-state index contributed by atoms with van der Waals surface area (Å²) >= 11 is 0. The molecule has 6 nitrogen and oxygen atoms in total. The van der Waals surface area contributed by atoms with Crippen molar-refractivity contribution in [3.63, 3.8) is 0 Å². The second-order valence-electron chi connectivity index (χ2n) is 8.43. The highest BCUT2D eigenvalue weighted by atomic mass is 15.3. The number of piperidine rings is 1. The number of nitrogens with zero attached hydrogens (tertiary/aromatic N) is 5. The number of aromatic nitrogens is 2. The zero-order chi connectivity index (χ0) is 19.8. The van der Waals surface area contributed by atoms with Crippen molar-refractivity contribution >= 4 is 5.96 Å². The van der Waals surface area contributed by atoms with Gasteiger partial charge in [0.1, 0.15) is 0 Å². The van der Waals surface area contributed by atoms with E-state index < -0.39 is 0 Å². The van der Waals surface area contributed by atoms with E-state index in [1.165, 1.54) is 56.6 Å². The molecule has 1 fully saturated rings. The molecule has 1 aliphatic heterocycles.